The Bertz CT molecular complexity index is 578. The summed E-state index contributed by atoms with van der Waals surface area (Å²) in [5.74, 6) is 0. The Hall–Kier alpha value is -0.510. The van der Waals surface area contributed by atoms with Gasteiger partial charge in [0, 0.05) is 5.56 Å². The monoisotopic (exact) mass is 321 g/mol. The molecular formula is C12H7Cl4NO. The second-order valence-corrected chi connectivity index (χ2v) is 5.10. The van der Waals surface area contributed by atoms with Crippen molar-refractivity contribution in [3.8, 4) is 11.1 Å². The van der Waals surface area contributed by atoms with E-state index in [-0.39, 0.29) is 11.8 Å². The minimum absolute atomic E-state index is 0.165. The fraction of sp³-hybridized carbons (Fsp3) is 0.0833. The minimum Gasteiger partial charge on any atom is -0.390 e. The topological polar surface area (TPSA) is 33.1 Å². The van der Waals surface area contributed by atoms with Crippen LogP contribution < -0.4 is 0 Å². The van der Waals surface area contributed by atoms with Gasteiger partial charge in [-0.25, -0.2) is 4.98 Å². The molecule has 2 rings (SSSR count). The number of aliphatic hydroxyl groups excluding tert-OH is 1. The van der Waals surface area contributed by atoms with Gasteiger partial charge in [-0.3, -0.25) is 0 Å². The van der Waals surface area contributed by atoms with Crippen molar-refractivity contribution in [1.29, 1.82) is 0 Å². The van der Waals surface area contributed by atoms with Crippen molar-refractivity contribution in [2.45, 2.75) is 6.61 Å². The zero-order valence-corrected chi connectivity index (χ0v) is 11.9. The molecule has 0 radical (unpaired) electrons. The Morgan fingerprint density at radius 1 is 1.00 bits per heavy atom. The van der Waals surface area contributed by atoms with E-state index in [1.807, 2.05) is 0 Å². The Balaban J connectivity index is 2.55. The number of rotatable bonds is 2. The Morgan fingerprint density at radius 3 is 2.11 bits per heavy atom. The normalized spacial score (nSPS) is 10.7. The van der Waals surface area contributed by atoms with E-state index < -0.39 is 0 Å². The van der Waals surface area contributed by atoms with Crippen molar-refractivity contribution in [1.82, 2.24) is 4.98 Å². The molecule has 6 heteroatoms. The maximum atomic E-state index is 8.97. The van der Waals surface area contributed by atoms with Crippen molar-refractivity contribution in [2.24, 2.45) is 0 Å². The van der Waals surface area contributed by atoms with Gasteiger partial charge < -0.3 is 5.11 Å². The molecule has 0 unspecified atom stereocenters. The maximum absolute atomic E-state index is 8.97. The third-order valence-electron chi connectivity index (χ3n) is 2.36. The lowest BCUT2D eigenvalue weighted by Crippen LogP contribution is -1.91. The molecule has 0 bridgehead atoms. The van der Waals surface area contributed by atoms with Crippen molar-refractivity contribution in [3.63, 3.8) is 0 Å². The molecule has 0 saturated carbocycles. The molecule has 0 spiro atoms. The number of benzene rings is 1. The smallest absolute Gasteiger partial charge is 0.137 e. The highest BCUT2D eigenvalue weighted by atomic mass is 35.5. The summed E-state index contributed by atoms with van der Waals surface area (Å²) in [5, 5.41) is 10.2. The maximum Gasteiger partial charge on any atom is 0.137 e. The summed E-state index contributed by atoms with van der Waals surface area (Å²) < 4.78 is 0. The molecule has 0 amide bonds. The van der Waals surface area contributed by atoms with E-state index >= 15 is 0 Å². The Kier molecular flexibility index (Phi) is 4.36. The molecule has 1 N–H and O–H groups in total. The van der Waals surface area contributed by atoms with E-state index in [1.165, 1.54) is 0 Å². The third-order valence-corrected chi connectivity index (χ3v) is 3.85. The van der Waals surface area contributed by atoms with Gasteiger partial charge >= 0.3 is 0 Å². The quantitative estimate of drug-likeness (QED) is 0.633. The van der Waals surface area contributed by atoms with Gasteiger partial charge in [0.1, 0.15) is 5.15 Å². The number of aromatic nitrogens is 1. The summed E-state index contributed by atoms with van der Waals surface area (Å²) in [6.07, 6.45) is 0. The first kappa shape index (κ1) is 13.9. The zero-order chi connectivity index (χ0) is 13.3. The molecule has 0 fully saturated rings. The van der Waals surface area contributed by atoms with Gasteiger partial charge in [0.15, 0.2) is 0 Å². The van der Waals surface area contributed by atoms with Crippen molar-refractivity contribution in [3.05, 3.63) is 50.2 Å². The highest BCUT2D eigenvalue weighted by molar-refractivity contribution is 6.48. The van der Waals surface area contributed by atoms with Gasteiger partial charge in [-0.15, -0.1) is 0 Å². The summed E-state index contributed by atoms with van der Waals surface area (Å²) >= 11 is 23.8. The average Bonchev–Trinajstić information content (AvgIpc) is 2.35. The molecule has 0 saturated heterocycles. The van der Waals surface area contributed by atoms with Crippen LogP contribution in [-0.2, 0) is 6.61 Å². The fourth-order valence-corrected chi connectivity index (χ4v) is 2.36. The number of hydrogen-bond donors (Lipinski definition) is 1. The molecule has 0 aliphatic rings. The third kappa shape index (κ3) is 2.73. The highest BCUT2D eigenvalue weighted by Gasteiger charge is 2.11. The van der Waals surface area contributed by atoms with Gasteiger partial charge in [0.05, 0.1) is 27.4 Å². The van der Waals surface area contributed by atoms with Crippen LogP contribution in [0.5, 0.6) is 0 Å². The molecule has 0 aliphatic carbocycles. The number of nitrogens with zero attached hydrogens (tertiary/aromatic N) is 1. The lowest BCUT2D eigenvalue weighted by Gasteiger charge is -2.08. The van der Waals surface area contributed by atoms with Crippen LogP contribution in [0.2, 0.25) is 20.2 Å². The summed E-state index contributed by atoms with van der Waals surface area (Å²) in [7, 11) is 0. The van der Waals surface area contributed by atoms with Gasteiger partial charge in [0.25, 0.3) is 0 Å². The van der Waals surface area contributed by atoms with Crippen LogP contribution in [0.4, 0.5) is 0 Å². The molecular weight excluding hydrogens is 316 g/mol. The number of halogens is 4. The predicted octanol–water partition coefficient (Wildman–Crippen LogP) is 4.85. The first-order chi connectivity index (χ1) is 8.52. The molecule has 2 aromatic rings. The van der Waals surface area contributed by atoms with Crippen LogP contribution in [0.15, 0.2) is 24.3 Å². The van der Waals surface area contributed by atoms with Crippen molar-refractivity contribution in [2.75, 3.05) is 0 Å². The Morgan fingerprint density at radius 2 is 1.61 bits per heavy atom. The van der Waals surface area contributed by atoms with E-state index in [0.717, 1.165) is 5.56 Å². The first-order valence-corrected chi connectivity index (χ1v) is 6.45. The predicted molar refractivity (Wildman–Crippen MR) is 75.6 cm³/mol. The lowest BCUT2D eigenvalue weighted by atomic mass is 10.1. The van der Waals surface area contributed by atoms with E-state index in [2.05, 4.69) is 4.98 Å². The minimum atomic E-state index is -0.165. The lowest BCUT2D eigenvalue weighted by molar-refractivity contribution is 0.277. The summed E-state index contributed by atoms with van der Waals surface area (Å²) in [4.78, 5) is 4.05. The average molecular weight is 323 g/mol. The molecule has 2 nitrogen and oxygen atoms in total. The van der Waals surface area contributed by atoms with Gasteiger partial charge in [-0.05, 0) is 29.8 Å². The van der Waals surface area contributed by atoms with Gasteiger partial charge in [-0.2, -0.15) is 0 Å². The molecule has 0 atom stereocenters. The first-order valence-electron chi connectivity index (χ1n) is 4.94. The number of pyridine rings is 1. The van der Waals surface area contributed by atoms with E-state index in [1.54, 1.807) is 24.3 Å². The van der Waals surface area contributed by atoms with E-state index in [0.29, 0.717) is 26.3 Å². The largest absolute Gasteiger partial charge is 0.390 e. The van der Waals surface area contributed by atoms with Crippen LogP contribution in [-0.4, -0.2) is 10.1 Å². The van der Waals surface area contributed by atoms with Crippen LogP contribution in [0.3, 0.4) is 0 Å². The van der Waals surface area contributed by atoms with E-state index in [4.69, 9.17) is 51.5 Å². The van der Waals surface area contributed by atoms with E-state index in [9.17, 15) is 0 Å². The number of aliphatic hydroxyl groups is 1. The summed E-state index contributed by atoms with van der Waals surface area (Å²) in [5.41, 5.74) is 1.89. The Labute approximate surface area is 124 Å². The molecule has 94 valence electrons. The van der Waals surface area contributed by atoms with Crippen LogP contribution in [0.25, 0.3) is 11.1 Å². The van der Waals surface area contributed by atoms with Crippen LogP contribution in [0.1, 0.15) is 5.69 Å². The van der Waals surface area contributed by atoms with Crippen molar-refractivity contribution >= 4 is 46.4 Å². The van der Waals surface area contributed by atoms with Gasteiger partial charge in [0.2, 0.25) is 0 Å². The van der Waals surface area contributed by atoms with Crippen LogP contribution in [0, 0.1) is 0 Å². The molecule has 1 aromatic heterocycles. The molecule has 1 heterocycles. The molecule has 18 heavy (non-hydrogen) atoms. The van der Waals surface area contributed by atoms with Crippen molar-refractivity contribution < 1.29 is 5.11 Å². The standard InChI is InChI=1S/C12H7Cl4NO/c13-9-3-6(4-10(14)11(9)15)8-2-1-7(5-18)17-12(8)16/h1-4,18H,5H2. The van der Waals surface area contributed by atoms with Gasteiger partial charge in [-0.1, -0.05) is 46.4 Å². The van der Waals surface area contributed by atoms with Crippen LogP contribution >= 0.6 is 46.4 Å². The summed E-state index contributed by atoms with van der Waals surface area (Å²) in [6, 6.07) is 6.75. The number of hydrogen-bond acceptors (Lipinski definition) is 2. The molecule has 0 aliphatic heterocycles. The second-order valence-electron chi connectivity index (χ2n) is 3.55. The fourth-order valence-electron chi connectivity index (χ4n) is 1.49. The second kappa shape index (κ2) is 5.64. The summed E-state index contributed by atoms with van der Waals surface area (Å²) in [6.45, 7) is -0.165. The SMILES string of the molecule is OCc1ccc(-c2cc(Cl)c(Cl)c(Cl)c2)c(Cl)n1. The molecule has 1 aromatic carbocycles. The zero-order valence-electron chi connectivity index (χ0n) is 8.92. The highest BCUT2D eigenvalue weighted by Crippen LogP contribution is 2.36.